The molecule has 6 heteroatoms. The van der Waals surface area contributed by atoms with Gasteiger partial charge >= 0.3 is 6.03 Å². The maximum Gasteiger partial charge on any atom is 0.322 e. The summed E-state index contributed by atoms with van der Waals surface area (Å²) >= 11 is 0. The van der Waals surface area contributed by atoms with Crippen LogP contribution in [0.25, 0.3) is 5.69 Å². The molecule has 32 heavy (non-hydrogen) atoms. The molecule has 0 spiro atoms. The fraction of sp³-hybridized carbons (Fsp3) is 0.115. The van der Waals surface area contributed by atoms with Crippen molar-refractivity contribution in [2.45, 2.75) is 19.5 Å². The standard InChI is InChI=1S/C26H21F2N3O/c1-17-8-10-22(11-9-17)29-26(32)31-16-18-5-2-3-6-23(18)30-12-4-7-24(30)25(31)19-13-20(27)15-21(28)14-19/h2-15,25H,16H2,1H3,(H,29,32). The summed E-state index contributed by atoms with van der Waals surface area (Å²) in [6, 6.07) is 21.4. The quantitative estimate of drug-likeness (QED) is 0.405. The number of carbonyl (C=O) groups is 1. The van der Waals surface area contributed by atoms with E-state index in [0.29, 0.717) is 11.3 Å². The molecule has 0 saturated heterocycles. The highest BCUT2D eigenvalue weighted by molar-refractivity contribution is 5.90. The summed E-state index contributed by atoms with van der Waals surface area (Å²) in [7, 11) is 0. The van der Waals surface area contributed by atoms with E-state index in [1.807, 2.05) is 78.4 Å². The summed E-state index contributed by atoms with van der Waals surface area (Å²) in [5, 5.41) is 2.94. The lowest BCUT2D eigenvalue weighted by Crippen LogP contribution is -2.38. The van der Waals surface area contributed by atoms with Crippen LogP contribution in [0.4, 0.5) is 19.3 Å². The predicted molar refractivity (Wildman–Crippen MR) is 120 cm³/mol. The Labute approximate surface area is 184 Å². The highest BCUT2D eigenvalue weighted by Crippen LogP contribution is 2.37. The molecule has 5 rings (SSSR count). The van der Waals surface area contributed by atoms with E-state index in [2.05, 4.69) is 5.32 Å². The van der Waals surface area contributed by atoms with Crippen LogP contribution < -0.4 is 5.32 Å². The lowest BCUT2D eigenvalue weighted by Gasteiger charge is -2.31. The van der Waals surface area contributed by atoms with Gasteiger partial charge in [-0.05, 0) is 60.5 Å². The Morgan fingerprint density at radius 2 is 1.66 bits per heavy atom. The van der Waals surface area contributed by atoms with Gasteiger partial charge in [0.15, 0.2) is 0 Å². The molecule has 1 unspecified atom stereocenters. The molecule has 0 bridgehead atoms. The Hall–Kier alpha value is -3.93. The van der Waals surface area contributed by atoms with E-state index in [1.54, 1.807) is 4.90 Å². The van der Waals surface area contributed by atoms with Crippen LogP contribution in [-0.2, 0) is 6.54 Å². The van der Waals surface area contributed by atoms with Gasteiger partial charge in [0, 0.05) is 23.6 Å². The minimum Gasteiger partial charge on any atom is -0.318 e. The molecular weight excluding hydrogens is 408 g/mol. The van der Waals surface area contributed by atoms with Gasteiger partial charge in [0.1, 0.15) is 11.6 Å². The number of fused-ring (bicyclic) bond motifs is 3. The maximum absolute atomic E-state index is 14.2. The first kappa shape index (κ1) is 20.0. The number of aromatic nitrogens is 1. The van der Waals surface area contributed by atoms with Crippen molar-refractivity contribution < 1.29 is 13.6 Å². The highest BCUT2D eigenvalue weighted by atomic mass is 19.1. The van der Waals surface area contributed by atoms with Crippen LogP contribution in [0.2, 0.25) is 0 Å². The molecule has 3 aromatic carbocycles. The molecule has 1 atom stereocenters. The van der Waals surface area contributed by atoms with Crippen LogP contribution >= 0.6 is 0 Å². The van der Waals surface area contributed by atoms with E-state index in [0.717, 1.165) is 28.6 Å². The van der Waals surface area contributed by atoms with Crippen molar-refractivity contribution >= 4 is 11.7 Å². The van der Waals surface area contributed by atoms with Gasteiger partial charge in [0.05, 0.1) is 18.3 Å². The highest BCUT2D eigenvalue weighted by Gasteiger charge is 2.33. The number of hydrogen-bond acceptors (Lipinski definition) is 1. The molecule has 4 aromatic rings. The molecule has 0 aliphatic carbocycles. The van der Waals surface area contributed by atoms with Gasteiger partial charge in [-0.1, -0.05) is 35.9 Å². The number of rotatable bonds is 2. The molecule has 0 fully saturated rings. The number of nitrogens with zero attached hydrogens (tertiary/aromatic N) is 2. The molecule has 1 aromatic heterocycles. The molecule has 1 aliphatic rings. The van der Waals surface area contributed by atoms with E-state index in [1.165, 1.54) is 12.1 Å². The number of benzene rings is 3. The van der Waals surface area contributed by atoms with E-state index in [9.17, 15) is 13.6 Å². The Kier molecular flexibility index (Phi) is 4.98. The van der Waals surface area contributed by atoms with Crippen LogP contribution in [0, 0.1) is 18.6 Å². The normalized spacial score (nSPS) is 15.0. The second-order valence-corrected chi connectivity index (χ2v) is 7.96. The summed E-state index contributed by atoms with van der Waals surface area (Å²) in [5.74, 6) is -1.36. The van der Waals surface area contributed by atoms with Crippen LogP contribution in [0.5, 0.6) is 0 Å². The number of urea groups is 1. The molecule has 1 N–H and O–H groups in total. The lowest BCUT2D eigenvalue weighted by molar-refractivity contribution is 0.194. The molecule has 160 valence electrons. The van der Waals surface area contributed by atoms with Crippen molar-refractivity contribution in [1.29, 1.82) is 0 Å². The van der Waals surface area contributed by atoms with Crippen molar-refractivity contribution in [3.05, 3.63) is 119 Å². The number of carbonyl (C=O) groups excluding carboxylic acids is 1. The van der Waals surface area contributed by atoms with E-state index < -0.39 is 17.7 Å². The monoisotopic (exact) mass is 429 g/mol. The largest absolute Gasteiger partial charge is 0.322 e. The molecule has 4 nitrogen and oxygen atoms in total. The zero-order chi connectivity index (χ0) is 22.2. The van der Waals surface area contributed by atoms with Crippen LogP contribution in [0.15, 0.2) is 85.1 Å². The average molecular weight is 429 g/mol. The fourth-order valence-corrected chi connectivity index (χ4v) is 4.26. The third kappa shape index (κ3) is 3.64. The summed E-state index contributed by atoms with van der Waals surface area (Å²) in [4.78, 5) is 15.1. The zero-order valence-electron chi connectivity index (χ0n) is 17.4. The summed E-state index contributed by atoms with van der Waals surface area (Å²) < 4.78 is 30.4. The van der Waals surface area contributed by atoms with E-state index >= 15 is 0 Å². The molecule has 2 heterocycles. The van der Waals surface area contributed by atoms with Gasteiger partial charge in [-0.15, -0.1) is 0 Å². The van der Waals surface area contributed by atoms with Crippen LogP contribution in [0.1, 0.15) is 28.4 Å². The van der Waals surface area contributed by atoms with Crippen LogP contribution in [0.3, 0.4) is 0 Å². The van der Waals surface area contributed by atoms with Gasteiger partial charge in [-0.3, -0.25) is 0 Å². The number of nitrogens with one attached hydrogen (secondary N) is 1. The number of aryl methyl sites for hydroxylation is 1. The van der Waals surface area contributed by atoms with Crippen molar-refractivity contribution in [2.75, 3.05) is 5.32 Å². The van der Waals surface area contributed by atoms with Gasteiger partial charge in [0.2, 0.25) is 0 Å². The topological polar surface area (TPSA) is 37.3 Å². The van der Waals surface area contributed by atoms with Gasteiger partial charge in [0.25, 0.3) is 0 Å². The predicted octanol–water partition coefficient (Wildman–Crippen LogP) is 6.20. The number of anilines is 1. The first-order chi connectivity index (χ1) is 15.5. The van der Waals surface area contributed by atoms with Gasteiger partial charge in [-0.25, -0.2) is 13.6 Å². The minimum absolute atomic E-state index is 0.276. The van der Waals surface area contributed by atoms with E-state index in [4.69, 9.17) is 0 Å². The summed E-state index contributed by atoms with van der Waals surface area (Å²) in [6.45, 7) is 2.25. The van der Waals surface area contributed by atoms with Crippen molar-refractivity contribution in [1.82, 2.24) is 9.47 Å². The molecule has 2 amide bonds. The average Bonchev–Trinajstić information content (AvgIpc) is 3.18. The lowest BCUT2D eigenvalue weighted by atomic mass is 10.0. The van der Waals surface area contributed by atoms with Crippen molar-refractivity contribution in [2.24, 2.45) is 0 Å². The summed E-state index contributed by atoms with van der Waals surface area (Å²) in [5.41, 5.74) is 4.71. The molecule has 1 aliphatic heterocycles. The zero-order valence-corrected chi connectivity index (χ0v) is 17.4. The second kappa shape index (κ2) is 7.96. The Morgan fingerprint density at radius 3 is 2.41 bits per heavy atom. The fourth-order valence-electron chi connectivity index (χ4n) is 4.26. The SMILES string of the molecule is Cc1ccc(NC(=O)N2Cc3ccccc3-n3cccc3C2c2cc(F)cc(F)c2)cc1. The number of halogens is 2. The van der Waals surface area contributed by atoms with Gasteiger partial charge in [-0.2, -0.15) is 0 Å². The molecule has 0 radical (unpaired) electrons. The molecule has 0 saturated carbocycles. The smallest absolute Gasteiger partial charge is 0.318 e. The molecular formula is C26H21F2N3O. The third-order valence-electron chi connectivity index (χ3n) is 5.73. The number of hydrogen-bond donors (Lipinski definition) is 1. The Balaban J connectivity index is 1.65. The maximum atomic E-state index is 14.2. The Morgan fingerprint density at radius 1 is 0.938 bits per heavy atom. The number of para-hydroxylation sites is 1. The minimum atomic E-state index is -0.687. The van der Waals surface area contributed by atoms with Crippen LogP contribution in [-0.4, -0.2) is 15.5 Å². The van der Waals surface area contributed by atoms with E-state index in [-0.39, 0.29) is 12.6 Å². The summed E-state index contributed by atoms with van der Waals surface area (Å²) in [6.07, 6.45) is 1.90. The van der Waals surface area contributed by atoms with Gasteiger partial charge < -0.3 is 14.8 Å². The first-order valence-electron chi connectivity index (χ1n) is 10.4. The second-order valence-electron chi connectivity index (χ2n) is 7.96. The third-order valence-corrected chi connectivity index (χ3v) is 5.73. The van der Waals surface area contributed by atoms with Crippen molar-refractivity contribution in [3.8, 4) is 5.69 Å². The Bertz CT molecular complexity index is 1280. The van der Waals surface area contributed by atoms with Crippen molar-refractivity contribution in [3.63, 3.8) is 0 Å². The first-order valence-corrected chi connectivity index (χ1v) is 10.4. The number of amides is 2.